The molecule has 1 aliphatic carbocycles. The van der Waals surface area contributed by atoms with E-state index in [1.54, 1.807) is 7.11 Å². The number of azide groups is 1. The zero-order valence-corrected chi connectivity index (χ0v) is 12.3. The number of ether oxygens (including phenoxy) is 1. The second-order valence-corrected chi connectivity index (χ2v) is 5.42. The van der Waals surface area contributed by atoms with Crippen molar-refractivity contribution in [2.45, 2.75) is 32.4 Å². The molecule has 0 saturated carbocycles. The first-order valence-corrected chi connectivity index (χ1v) is 7.12. The van der Waals surface area contributed by atoms with Gasteiger partial charge in [0.1, 0.15) is 5.75 Å². The smallest absolute Gasteiger partial charge is 0.119 e. The van der Waals surface area contributed by atoms with Crippen LogP contribution in [-0.4, -0.2) is 17.7 Å². The van der Waals surface area contributed by atoms with Gasteiger partial charge >= 0.3 is 0 Å². The number of hydrogen-bond acceptors (Lipinski definition) is 2. The van der Waals surface area contributed by atoms with Gasteiger partial charge in [-0.1, -0.05) is 18.1 Å². The van der Waals surface area contributed by atoms with Crippen molar-refractivity contribution in [1.29, 1.82) is 0 Å². The molecule has 0 amide bonds. The molecule has 5 heteroatoms. The lowest BCUT2D eigenvalue weighted by atomic mass is 9.90. The second kappa shape index (κ2) is 5.54. The number of hydrogen-bond donors (Lipinski definition) is 0. The fourth-order valence-corrected chi connectivity index (χ4v) is 3.00. The molecular formula is C16H18N4O. The number of aromatic nitrogens is 1. The Kier molecular flexibility index (Phi) is 3.59. The van der Waals surface area contributed by atoms with Gasteiger partial charge in [-0.25, -0.2) is 0 Å². The van der Waals surface area contributed by atoms with Gasteiger partial charge in [-0.15, -0.1) is 0 Å². The Bertz CT molecular complexity index is 713. The van der Waals surface area contributed by atoms with Crippen molar-refractivity contribution in [3.63, 3.8) is 0 Å². The van der Waals surface area contributed by atoms with Crippen LogP contribution in [0, 0.1) is 0 Å². The lowest BCUT2D eigenvalue weighted by molar-refractivity contribution is 0.414. The minimum absolute atomic E-state index is 0.0671. The largest absolute Gasteiger partial charge is 0.497 e. The van der Waals surface area contributed by atoms with Crippen molar-refractivity contribution >= 4 is 0 Å². The van der Waals surface area contributed by atoms with E-state index >= 15 is 0 Å². The summed E-state index contributed by atoms with van der Waals surface area (Å²) in [6.07, 6.45) is 4.20. The van der Waals surface area contributed by atoms with E-state index < -0.39 is 0 Å². The number of methoxy groups -OCH3 is 1. The topological polar surface area (TPSA) is 62.9 Å². The van der Waals surface area contributed by atoms with Crippen molar-refractivity contribution < 1.29 is 4.74 Å². The lowest BCUT2D eigenvalue weighted by Crippen LogP contribution is -2.13. The first-order chi connectivity index (χ1) is 10.2. The Labute approximate surface area is 123 Å². The molecule has 1 atom stereocenters. The van der Waals surface area contributed by atoms with E-state index in [0.717, 1.165) is 18.6 Å². The molecule has 3 rings (SSSR count). The normalized spacial score (nSPS) is 13.8. The number of benzene rings is 1. The van der Waals surface area contributed by atoms with Crippen LogP contribution in [0.15, 0.2) is 35.6 Å². The van der Waals surface area contributed by atoms with Crippen LogP contribution in [0.4, 0.5) is 0 Å². The third kappa shape index (κ3) is 2.48. The monoisotopic (exact) mass is 282 g/mol. The summed E-state index contributed by atoms with van der Waals surface area (Å²) >= 11 is 0. The molecule has 108 valence electrons. The van der Waals surface area contributed by atoms with Crippen LogP contribution < -0.4 is 4.74 Å². The quantitative estimate of drug-likeness (QED) is 0.475. The summed E-state index contributed by atoms with van der Waals surface area (Å²) in [5.41, 5.74) is 13.7. The SMILES string of the molecule is COc1ccc2c(c1)-c1c(ccn1C[C@@H](C)N=[N+]=[N-])CC2. The molecule has 0 unspecified atom stereocenters. The third-order valence-electron chi connectivity index (χ3n) is 3.99. The molecule has 0 aliphatic heterocycles. The Balaban J connectivity index is 2.05. The number of rotatable bonds is 4. The molecule has 0 bridgehead atoms. The van der Waals surface area contributed by atoms with Gasteiger partial charge < -0.3 is 9.30 Å². The summed E-state index contributed by atoms with van der Waals surface area (Å²) < 4.78 is 7.54. The van der Waals surface area contributed by atoms with Gasteiger partial charge in [0.05, 0.1) is 18.8 Å². The van der Waals surface area contributed by atoms with Crippen LogP contribution in [-0.2, 0) is 19.4 Å². The van der Waals surface area contributed by atoms with Crippen LogP contribution in [0.1, 0.15) is 18.1 Å². The number of fused-ring (bicyclic) bond motifs is 3. The first kappa shape index (κ1) is 13.6. The summed E-state index contributed by atoms with van der Waals surface area (Å²) in [5, 5.41) is 3.77. The molecule has 2 aromatic rings. The molecule has 1 heterocycles. The van der Waals surface area contributed by atoms with Crippen molar-refractivity contribution in [3.05, 3.63) is 52.0 Å². The van der Waals surface area contributed by atoms with Crippen molar-refractivity contribution in [2.75, 3.05) is 7.11 Å². The molecule has 0 fully saturated rings. The molecular weight excluding hydrogens is 264 g/mol. The van der Waals surface area contributed by atoms with Gasteiger partial charge in [0, 0.05) is 23.2 Å². The molecule has 1 aliphatic rings. The van der Waals surface area contributed by atoms with E-state index in [4.69, 9.17) is 10.3 Å². The van der Waals surface area contributed by atoms with Crippen molar-refractivity contribution in [1.82, 2.24) is 4.57 Å². The van der Waals surface area contributed by atoms with Gasteiger partial charge in [-0.05, 0) is 47.7 Å². The van der Waals surface area contributed by atoms with Crippen LogP contribution in [0.3, 0.4) is 0 Å². The Morgan fingerprint density at radius 1 is 1.33 bits per heavy atom. The number of aryl methyl sites for hydroxylation is 2. The molecule has 0 saturated heterocycles. The molecule has 1 aromatic heterocycles. The van der Waals surface area contributed by atoms with Crippen LogP contribution in [0.2, 0.25) is 0 Å². The molecule has 1 aromatic carbocycles. The van der Waals surface area contributed by atoms with E-state index in [0.29, 0.717) is 6.54 Å². The third-order valence-corrected chi connectivity index (χ3v) is 3.99. The summed E-state index contributed by atoms with van der Waals surface area (Å²) in [5.74, 6) is 0.873. The van der Waals surface area contributed by atoms with Gasteiger partial charge in [0.2, 0.25) is 0 Å². The zero-order chi connectivity index (χ0) is 14.8. The van der Waals surface area contributed by atoms with Crippen LogP contribution in [0.25, 0.3) is 21.7 Å². The van der Waals surface area contributed by atoms with E-state index in [-0.39, 0.29) is 6.04 Å². The van der Waals surface area contributed by atoms with Crippen molar-refractivity contribution in [2.24, 2.45) is 5.11 Å². The first-order valence-electron chi connectivity index (χ1n) is 7.12. The predicted octanol–water partition coefficient (Wildman–Crippen LogP) is 3.96. The second-order valence-electron chi connectivity index (χ2n) is 5.42. The van der Waals surface area contributed by atoms with Crippen LogP contribution >= 0.6 is 0 Å². The summed E-state index contributed by atoms with van der Waals surface area (Å²) in [6.45, 7) is 2.62. The van der Waals surface area contributed by atoms with E-state index in [9.17, 15) is 0 Å². The molecule has 5 nitrogen and oxygen atoms in total. The predicted molar refractivity (Wildman–Crippen MR) is 82.4 cm³/mol. The summed E-state index contributed by atoms with van der Waals surface area (Å²) in [7, 11) is 1.69. The highest BCUT2D eigenvalue weighted by atomic mass is 16.5. The highest BCUT2D eigenvalue weighted by Crippen LogP contribution is 2.36. The highest BCUT2D eigenvalue weighted by molar-refractivity contribution is 5.72. The molecule has 0 spiro atoms. The fourth-order valence-electron chi connectivity index (χ4n) is 3.00. The van der Waals surface area contributed by atoms with E-state index in [2.05, 4.69) is 39.0 Å². The highest BCUT2D eigenvalue weighted by Gasteiger charge is 2.21. The molecule has 0 radical (unpaired) electrons. The maximum absolute atomic E-state index is 8.56. The fraction of sp³-hybridized carbons (Fsp3) is 0.375. The zero-order valence-electron chi connectivity index (χ0n) is 12.3. The minimum Gasteiger partial charge on any atom is -0.497 e. The summed E-state index contributed by atoms with van der Waals surface area (Å²) in [4.78, 5) is 2.89. The molecule has 21 heavy (non-hydrogen) atoms. The Morgan fingerprint density at radius 3 is 2.90 bits per heavy atom. The standard InChI is InChI=1S/C16H18N4O/c1-11(18-19-17)10-20-8-7-13-4-3-12-5-6-14(21-2)9-15(12)16(13)20/h5-9,11H,3-4,10H2,1-2H3/t11-/m1/s1. The van der Waals surface area contributed by atoms with Crippen molar-refractivity contribution in [3.8, 4) is 17.0 Å². The number of nitrogens with zero attached hydrogens (tertiary/aromatic N) is 4. The maximum Gasteiger partial charge on any atom is 0.119 e. The maximum atomic E-state index is 8.56. The average Bonchev–Trinajstić information content (AvgIpc) is 2.90. The van der Waals surface area contributed by atoms with Gasteiger partial charge in [-0.2, -0.15) is 0 Å². The molecule has 0 N–H and O–H groups in total. The van der Waals surface area contributed by atoms with Gasteiger partial charge in [0.15, 0.2) is 0 Å². The Hall–Kier alpha value is -2.39. The summed E-state index contributed by atoms with van der Waals surface area (Å²) in [6, 6.07) is 8.36. The van der Waals surface area contributed by atoms with E-state index in [1.165, 1.54) is 22.4 Å². The Morgan fingerprint density at radius 2 is 2.14 bits per heavy atom. The lowest BCUT2D eigenvalue weighted by Gasteiger charge is -2.21. The van der Waals surface area contributed by atoms with Crippen LogP contribution in [0.5, 0.6) is 5.75 Å². The average molecular weight is 282 g/mol. The minimum atomic E-state index is -0.0671. The van der Waals surface area contributed by atoms with E-state index in [1.807, 2.05) is 13.0 Å². The van der Waals surface area contributed by atoms with Gasteiger partial charge in [-0.3, -0.25) is 0 Å². The van der Waals surface area contributed by atoms with Gasteiger partial charge in [0.25, 0.3) is 0 Å².